The SMILES string of the molecule is CCC(Sc1cccc(NC(=O)CCC(=O)O)c1)C(=O)Nc1ccc(C)c(Cl)c1. The van der Waals surface area contributed by atoms with Gasteiger partial charge in [-0.25, -0.2) is 0 Å². The standard InChI is InChI=1S/C21H23ClN2O4S/c1-3-18(21(28)24-15-8-7-13(2)17(22)12-15)29-16-6-4-5-14(11-16)23-19(25)9-10-20(26)27/h4-8,11-12,18H,3,9-10H2,1-2H3,(H,23,25)(H,24,28)(H,26,27). The van der Waals surface area contributed by atoms with Crippen LogP contribution in [0.25, 0.3) is 0 Å². The molecule has 0 aliphatic carbocycles. The second-order valence-corrected chi connectivity index (χ2v) is 8.12. The quantitative estimate of drug-likeness (QED) is 0.485. The van der Waals surface area contributed by atoms with E-state index in [1.165, 1.54) is 11.8 Å². The molecule has 0 heterocycles. The fraction of sp³-hybridized carbons (Fsp3) is 0.286. The number of rotatable bonds is 9. The molecule has 0 saturated carbocycles. The largest absolute Gasteiger partial charge is 0.481 e. The Kier molecular flexibility index (Phi) is 8.54. The normalized spacial score (nSPS) is 11.6. The van der Waals surface area contributed by atoms with Gasteiger partial charge in [0.2, 0.25) is 11.8 Å². The monoisotopic (exact) mass is 434 g/mol. The van der Waals surface area contributed by atoms with E-state index in [0.29, 0.717) is 22.8 Å². The Morgan fingerprint density at radius 3 is 2.45 bits per heavy atom. The number of carbonyl (C=O) groups is 3. The topological polar surface area (TPSA) is 95.5 Å². The number of halogens is 1. The van der Waals surface area contributed by atoms with Crippen molar-refractivity contribution in [2.45, 2.75) is 43.3 Å². The molecule has 2 aromatic carbocycles. The Balaban J connectivity index is 2.00. The van der Waals surface area contributed by atoms with Crippen LogP contribution in [-0.2, 0) is 14.4 Å². The van der Waals surface area contributed by atoms with Crippen molar-refractivity contribution in [3.63, 3.8) is 0 Å². The van der Waals surface area contributed by atoms with Crippen LogP contribution >= 0.6 is 23.4 Å². The van der Waals surface area contributed by atoms with Crippen molar-refractivity contribution in [2.24, 2.45) is 0 Å². The molecular weight excluding hydrogens is 412 g/mol. The molecule has 2 amide bonds. The number of hydrogen-bond acceptors (Lipinski definition) is 4. The first-order valence-corrected chi connectivity index (χ1v) is 10.4. The molecule has 0 saturated heterocycles. The summed E-state index contributed by atoms with van der Waals surface area (Å²) < 4.78 is 0. The first kappa shape index (κ1) is 22.8. The number of aryl methyl sites for hydroxylation is 1. The molecule has 154 valence electrons. The van der Waals surface area contributed by atoms with E-state index in [9.17, 15) is 14.4 Å². The fourth-order valence-electron chi connectivity index (χ4n) is 2.47. The van der Waals surface area contributed by atoms with E-state index in [1.54, 1.807) is 24.3 Å². The molecule has 29 heavy (non-hydrogen) atoms. The number of benzene rings is 2. The highest BCUT2D eigenvalue weighted by molar-refractivity contribution is 8.00. The van der Waals surface area contributed by atoms with Crippen LogP contribution in [0.15, 0.2) is 47.4 Å². The van der Waals surface area contributed by atoms with Gasteiger partial charge in [-0.15, -0.1) is 11.8 Å². The zero-order chi connectivity index (χ0) is 21.4. The number of carboxylic acid groups (broad SMARTS) is 1. The van der Waals surface area contributed by atoms with Gasteiger partial charge in [0, 0.05) is 27.7 Å². The third-order valence-electron chi connectivity index (χ3n) is 4.06. The molecule has 1 atom stereocenters. The van der Waals surface area contributed by atoms with Crippen LogP contribution in [0.4, 0.5) is 11.4 Å². The Morgan fingerprint density at radius 2 is 1.79 bits per heavy atom. The van der Waals surface area contributed by atoms with Crippen LogP contribution in [0, 0.1) is 6.92 Å². The Morgan fingerprint density at radius 1 is 1.07 bits per heavy atom. The predicted octanol–water partition coefficient (Wildman–Crippen LogP) is 4.96. The number of carbonyl (C=O) groups excluding carboxylic acids is 2. The van der Waals surface area contributed by atoms with Crippen LogP contribution in [0.1, 0.15) is 31.7 Å². The molecular formula is C21H23ClN2O4S. The number of amides is 2. The summed E-state index contributed by atoms with van der Waals surface area (Å²) in [5, 5.41) is 14.5. The minimum absolute atomic E-state index is 0.0915. The molecule has 2 aromatic rings. The van der Waals surface area contributed by atoms with Crippen LogP contribution in [0.3, 0.4) is 0 Å². The minimum Gasteiger partial charge on any atom is -0.481 e. The Hall–Kier alpha value is -2.51. The van der Waals surface area contributed by atoms with Gasteiger partial charge in [-0.05, 0) is 49.2 Å². The highest BCUT2D eigenvalue weighted by Crippen LogP contribution is 2.29. The summed E-state index contributed by atoms with van der Waals surface area (Å²) in [6.07, 6.45) is 0.304. The van der Waals surface area contributed by atoms with Gasteiger partial charge in [-0.1, -0.05) is 30.7 Å². The van der Waals surface area contributed by atoms with E-state index in [-0.39, 0.29) is 29.9 Å². The molecule has 1 unspecified atom stereocenters. The maximum Gasteiger partial charge on any atom is 0.303 e. The maximum absolute atomic E-state index is 12.7. The van der Waals surface area contributed by atoms with E-state index in [1.807, 2.05) is 32.0 Å². The van der Waals surface area contributed by atoms with Crippen LogP contribution in [0.2, 0.25) is 5.02 Å². The molecule has 6 nitrogen and oxygen atoms in total. The van der Waals surface area contributed by atoms with Crippen molar-refractivity contribution in [2.75, 3.05) is 10.6 Å². The molecule has 3 N–H and O–H groups in total. The summed E-state index contributed by atoms with van der Waals surface area (Å²) in [5.74, 6) is -1.51. The molecule has 0 spiro atoms. The molecule has 0 aliphatic heterocycles. The van der Waals surface area contributed by atoms with E-state index >= 15 is 0 Å². The molecule has 0 fully saturated rings. The first-order valence-electron chi connectivity index (χ1n) is 9.14. The van der Waals surface area contributed by atoms with Gasteiger partial charge < -0.3 is 15.7 Å². The minimum atomic E-state index is -1.02. The van der Waals surface area contributed by atoms with Crippen molar-refractivity contribution >= 4 is 52.5 Å². The van der Waals surface area contributed by atoms with Gasteiger partial charge in [0.1, 0.15) is 0 Å². The number of aliphatic carboxylic acids is 1. The second kappa shape index (κ2) is 10.9. The molecule has 0 aliphatic rings. The molecule has 0 radical (unpaired) electrons. The van der Waals surface area contributed by atoms with Crippen molar-refractivity contribution in [1.82, 2.24) is 0 Å². The lowest BCUT2D eigenvalue weighted by molar-refractivity contribution is -0.138. The molecule has 8 heteroatoms. The van der Waals surface area contributed by atoms with Crippen LogP contribution in [-0.4, -0.2) is 28.1 Å². The number of carboxylic acids is 1. The van der Waals surface area contributed by atoms with Crippen LogP contribution in [0.5, 0.6) is 0 Å². The average Bonchev–Trinajstić information content (AvgIpc) is 2.67. The van der Waals surface area contributed by atoms with Crippen molar-refractivity contribution < 1.29 is 19.5 Å². The van der Waals surface area contributed by atoms with Gasteiger partial charge in [0.15, 0.2) is 0 Å². The average molecular weight is 435 g/mol. The zero-order valence-corrected chi connectivity index (χ0v) is 17.8. The highest BCUT2D eigenvalue weighted by Gasteiger charge is 2.18. The lowest BCUT2D eigenvalue weighted by Crippen LogP contribution is -2.24. The zero-order valence-electron chi connectivity index (χ0n) is 16.2. The Bertz CT molecular complexity index is 904. The summed E-state index contributed by atoms with van der Waals surface area (Å²) in [6.45, 7) is 3.82. The lowest BCUT2D eigenvalue weighted by atomic mass is 10.2. The van der Waals surface area contributed by atoms with E-state index in [2.05, 4.69) is 10.6 Å². The molecule has 0 aromatic heterocycles. The second-order valence-electron chi connectivity index (χ2n) is 6.44. The van der Waals surface area contributed by atoms with Gasteiger partial charge in [0.05, 0.1) is 11.7 Å². The van der Waals surface area contributed by atoms with Gasteiger partial charge in [-0.2, -0.15) is 0 Å². The van der Waals surface area contributed by atoms with Crippen LogP contribution < -0.4 is 10.6 Å². The van der Waals surface area contributed by atoms with Crippen molar-refractivity contribution in [1.29, 1.82) is 0 Å². The molecule has 0 bridgehead atoms. The number of anilines is 2. The van der Waals surface area contributed by atoms with Gasteiger partial charge in [0.25, 0.3) is 0 Å². The van der Waals surface area contributed by atoms with Gasteiger partial charge in [-0.3, -0.25) is 14.4 Å². The maximum atomic E-state index is 12.7. The lowest BCUT2D eigenvalue weighted by Gasteiger charge is -2.16. The van der Waals surface area contributed by atoms with Gasteiger partial charge >= 0.3 is 5.97 Å². The smallest absolute Gasteiger partial charge is 0.303 e. The predicted molar refractivity (Wildman–Crippen MR) is 117 cm³/mol. The van der Waals surface area contributed by atoms with E-state index in [0.717, 1.165) is 10.5 Å². The molecule has 2 rings (SSSR count). The third kappa shape index (κ3) is 7.44. The summed E-state index contributed by atoms with van der Waals surface area (Å²) in [4.78, 5) is 35.9. The Labute approximate surface area is 179 Å². The first-order chi connectivity index (χ1) is 13.8. The summed E-state index contributed by atoms with van der Waals surface area (Å²) in [7, 11) is 0. The third-order valence-corrected chi connectivity index (χ3v) is 5.83. The van der Waals surface area contributed by atoms with Crippen molar-refractivity contribution in [3.8, 4) is 0 Å². The summed E-state index contributed by atoms with van der Waals surface area (Å²) >= 11 is 7.51. The fourth-order valence-corrected chi connectivity index (χ4v) is 3.66. The summed E-state index contributed by atoms with van der Waals surface area (Å²) in [5.41, 5.74) is 2.14. The number of hydrogen-bond donors (Lipinski definition) is 3. The van der Waals surface area contributed by atoms with E-state index in [4.69, 9.17) is 16.7 Å². The number of thioether (sulfide) groups is 1. The summed E-state index contributed by atoms with van der Waals surface area (Å²) in [6, 6.07) is 12.5. The number of nitrogens with one attached hydrogen (secondary N) is 2. The van der Waals surface area contributed by atoms with E-state index < -0.39 is 5.97 Å². The van der Waals surface area contributed by atoms with Crippen molar-refractivity contribution in [3.05, 3.63) is 53.1 Å². The highest BCUT2D eigenvalue weighted by atomic mass is 35.5.